The molecule has 4 nitrogen and oxygen atoms in total. The van der Waals surface area contributed by atoms with Gasteiger partial charge in [0.1, 0.15) is 0 Å². The third kappa shape index (κ3) is 4.03. The van der Waals surface area contributed by atoms with E-state index in [4.69, 9.17) is 0 Å². The van der Waals surface area contributed by atoms with Crippen LogP contribution >= 0.6 is 24.0 Å². The standard InChI is InChI=1S/C16H29N3O.HI/c1-17-16(18-9-12-7-4-8-15(12)20)19-10-13-5-2-3-6-14(13)11-19;/h12-15,20H,2-11H2,1H3,(H,17,18);1H. The van der Waals surface area contributed by atoms with Gasteiger partial charge in [0, 0.05) is 32.6 Å². The Kier molecular flexibility index (Phi) is 6.59. The molecule has 0 bridgehead atoms. The number of hydrogen-bond acceptors (Lipinski definition) is 2. The van der Waals surface area contributed by atoms with Crippen LogP contribution in [-0.2, 0) is 0 Å². The molecule has 0 aromatic heterocycles. The van der Waals surface area contributed by atoms with Crippen molar-refractivity contribution in [2.24, 2.45) is 22.7 Å². The first-order valence-electron chi connectivity index (χ1n) is 8.41. The van der Waals surface area contributed by atoms with Crippen LogP contribution in [0.5, 0.6) is 0 Å². The number of aliphatic imine (C=N–C) groups is 1. The molecule has 0 spiro atoms. The highest BCUT2D eigenvalue weighted by atomic mass is 127. The van der Waals surface area contributed by atoms with Crippen molar-refractivity contribution in [3.8, 4) is 0 Å². The van der Waals surface area contributed by atoms with Gasteiger partial charge in [0.05, 0.1) is 6.10 Å². The van der Waals surface area contributed by atoms with Gasteiger partial charge in [-0.1, -0.05) is 19.3 Å². The summed E-state index contributed by atoms with van der Waals surface area (Å²) < 4.78 is 0. The molecule has 0 radical (unpaired) electrons. The maximum absolute atomic E-state index is 9.91. The molecule has 1 aliphatic heterocycles. The lowest BCUT2D eigenvalue weighted by atomic mass is 9.82. The average molecular weight is 407 g/mol. The van der Waals surface area contributed by atoms with Crippen molar-refractivity contribution in [3.63, 3.8) is 0 Å². The van der Waals surface area contributed by atoms with Crippen LogP contribution in [0.25, 0.3) is 0 Å². The van der Waals surface area contributed by atoms with Crippen molar-refractivity contribution in [2.45, 2.75) is 51.0 Å². The lowest BCUT2D eigenvalue weighted by Gasteiger charge is -2.24. The van der Waals surface area contributed by atoms with E-state index in [0.717, 1.165) is 37.2 Å². The molecule has 4 atom stereocenters. The van der Waals surface area contributed by atoms with Gasteiger partial charge in [-0.05, 0) is 37.5 Å². The van der Waals surface area contributed by atoms with Crippen LogP contribution in [0.4, 0.5) is 0 Å². The van der Waals surface area contributed by atoms with Gasteiger partial charge in [-0.3, -0.25) is 4.99 Å². The molecule has 5 heteroatoms. The van der Waals surface area contributed by atoms with E-state index in [1.165, 1.54) is 45.2 Å². The van der Waals surface area contributed by atoms with Gasteiger partial charge in [-0.25, -0.2) is 0 Å². The number of nitrogens with zero attached hydrogens (tertiary/aromatic N) is 2. The number of rotatable bonds is 2. The van der Waals surface area contributed by atoms with E-state index in [0.29, 0.717) is 5.92 Å². The Morgan fingerprint density at radius 1 is 1.10 bits per heavy atom. The fraction of sp³-hybridized carbons (Fsp3) is 0.938. The summed E-state index contributed by atoms with van der Waals surface area (Å²) in [5, 5.41) is 13.4. The lowest BCUT2D eigenvalue weighted by Crippen LogP contribution is -2.43. The zero-order chi connectivity index (χ0) is 13.9. The normalized spacial score (nSPS) is 36.3. The molecule has 2 aliphatic carbocycles. The molecular weight excluding hydrogens is 377 g/mol. The molecule has 3 rings (SSSR count). The van der Waals surface area contributed by atoms with Gasteiger partial charge in [-0.15, -0.1) is 24.0 Å². The fourth-order valence-corrected chi connectivity index (χ4v) is 4.39. The number of guanidine groups is 1. The van der Waals surface area contributed by atoms with Crippen molar-refractivity contribution in [1.29, 1.82) is 0 Å². The van der Waals surface area contributed by atoms with Crippen LogP contribution in [0.1, 0.15) is 44.9 Å². The SMILES string of the molecule is CN=C(NCC1CCCC1O)N1CC2CCCCC2C1.I. The van der Waals surface area contributed by atoms with E-state index >= 15 is 0 Å². The van der Waals surface area contributed by atoms with Crippen molar-refractivity contribution >= 4 is 29.9 Å². The minimum absolute atomic E-state index is 0. The summed E-state index contributed by atoms with van der Waals surface area (Å²) >= 11 is 0. The Labute approximate surface area is 145 Å². The molecule has 21 heavy (non-hydrogen) atoms. The number of nitrogens with one attached hydrogen (secondary N) is 1. The molecule has 2 N–H and O–H groups in total. The van der Waals surface area contributed by atoms with E-state index < -0.39 is 0 Å². The zero-order valence-corrected chi connectivity index (χ0v) is 15.5. The molecule has 1 saturated heterocycles. The van der Waals surface area contributed by atoms with Gasteiger partial charge in [-0.2, -0.15) is 0 Å². The molecule has 4 unspecified atom stereocenters. The second-order valence-electron chi connectivity index (χ2n) is 6.90. The van der Waals surface area contributed by atoms with Crippen LogP contribution in [0.2, 0.25) is 0 Å². The average Bonchev–Trinajstić information content (AvgIpc) is 3.06. The van der Waals surface area contributed by atoms with Gasteiger partial charge < -0.3 is 15.3 Å². The molecule has 0 amide bonds. The van der Waals surface area contributed by atoms with Crippen LogP contribution < -0.4 is 5.32 Å². The summed E-state index contributed by atoms with van der Waals surface area (Å²) in [6.45, 7) is 3.23. The van der Waals surface area contributed by atoms with Gasteiger partial charge >= 0.3 is 0 Å². The number of likely N-dealkylation sites (tertiary alicyclic amines) is 1. The Hall–Kier alpha value is -0.0400. The monoisotopic (exact) mass is 407 g/mol. The first kappa shape index (κ1) is 17.3. The molecule has 1 heterocycles. The van der Waals surface area contributed by atoms with Crippen molar-refractivity contribution in [2.75, 3.05) is 26.7 Å². The van der Waals surface area contributed by atoms with Crippen LogP contribution in [0, 0.1) is 17.8 Å². The maximum Gasteiger partial charge on any atom is 0.193 e. The number of fused-ring (bicyclic) bond motifs is 1. The van der Waals surface area contributed by atoms with E-state index in [-0.39, 0.29) is 30.1 Å². The van der Waals surface area contributed by atoms with Crippen molar-refractivity contribution < 1.29 is 5.11 Å². The third-order valence-electron chi connectivity index (χ3n) is 5.63. The zero-order valence-electron chi connectivity index (χ0n) is 13.1. The topological polar surface area (TPSA) is 47.9 Å². The first-order valence-corrected chi connectivity index (χ1v) is 8.41. The first-order chi connectivity index (χ1) is 9.78. The number of aliphatic hydroxyl groups is 1. The summed E-state index contributed by atoms with van der Waals surface area (Å²) in [6, 6.07) is 0. The van der Waals surface area contributed by atoms with E-state index in [1.54, 1.807) is 0 Å². The summed E-state index contributed by atoms with van der Waals surface area (Å²) in [4.78, 5) is 6.91. The summed E-state index contributed by atoms with van der Waals surface area (Å²) in [5.41, 5.74) is 0. The van der Waals surface area contributed by atoms with Crippen LogP contribution in [0.3, 0.4) is 0 Å². The Morgan fingerprint density at radius 2 is 1.76 bits per heavy atom. The molecule has 2 saturated carbocycles. The molecule has 3 fully saturated rings. The lowest BCUT2D eigenvalue weighted by molar-refractivity contribution is 0.134. The van der Waals surface area contributed by atoms with Gasteiger partial charge in [0.25, 0.3) is 0 Å². The van der Waals surface area contributed by atoms with Crippen molar-refractivity contribution in [1.82, 2.24) is 10.2 Å². The third-order valence-corrected chi connectivity index (χ3v) is 5.63. The van der Waals surface area contributed by atoms with E-state index in [9.17, 15) is 5.11 Å². The number of aliphatic hydroxyl groups excluding tert-OH is 1. The van der Waals surface area contributed by atoms with Crippen LogP contribution in [-0.4, -0.2) is 48.8 Å². The van der Waals surface area contributed by atoms with Gasteiger partial charge in [0.15, 0.2) is 5.96 Å². The second kappa shape index (κ2) is 7.99. The Morgan fingerprint density at radius 3 is 2.29 bits per heavy atom. The predicted octanol–water partition coefficient (Wildman–Crippen LogP) is 2.46. The molecule has 0 aromatic rings. The molecular formula is C16H30IN3O. The van der Waals surface area contributed by atoms with Gasteiger partial charge in [0.2, 0.25) is 0 Å². The summed E-state index contributed by atoms with van der Waals surface area (Å²) in [6.07, 6.45) is 8.81. The quantitative estimate of drug-likeness (QED) is 0.420. The minimum atomic E-state index is -0.109. The minimum Gasteiger partial charge on any atom is -0.393 e. The molecule has 0 aromatic carbocycles. The highest BCUT2D eigenvalue weighted by Gasteiger charge is 2.35. The Balaban J connectivity index is 0.00000161. The van der Waals surface area contributed by atoms with Crippen LogP contribution in [0.15, 0.2) is 4.99 Å². The number of hydrogen-bond donors (Lipinski definition) is 2. The predicted molar refractivity (Wildman–Crippen MR) is 97.1 cm³/mol. The summed E-state index contributed by atoms with van der Waals surface area (Å²) in [5.74, 6) is 3.24. The summed E-state index contributed by atoms with van der Waals surface area (Å²) in [7, 11) is 1.88. The molecule has 122 valence electrons. The van der Waals surface area contributed by atoms with E-state index in [1.807, 2.05) is 7.05 Å². The van der Waals surface area contributed by atoms with E-state index in [2.05, 4.69) is 15.2 Å². The van der Waals surface area contributed by atoms with Crippen molar-refractivity contribution in [3.05, 3.63) is 0 Å². The largest absolute Gasteiger partial charge is 0.393 e. The molecule has 3 aliphatic rings. The number of halogens is 1. The highest BCUT2D eigenvalue weighted by molar-refractivity contribution is 14.0. The smallest absolute Gasteiger partial charge is 0.193 e. The maximum atomic E-state index is 9.91. The fourth-order valence-electron chi connectivity index (χ4n) is 4.39. The second-order valence-corrected chi connectivity index (χ2v) is 6.90. The Bertz CT molecular complexity index is 349. The highest BCUT2D eigenvalue weighted by Crippen LogP contribution is 2.36.